The first-order valence-electron chi connectivity index (χ1n) is 5.72. The molecule has 1 aliphatic rings. The van der Waals surface area contributed by atoms with E-state index in [1.54, 1.807) is 18.6 Å². The summed E-state index contributed by atoms with van der Waals surface area (Å²) in [6.45, 7) is 2.94. The molecule has 0 aromatic heterocycles. The van der Waals surface area contributed by atoms with Crippen LogP contribution in [0.3, 0.4) is 0 Å². The van der Waals surface area contributed by atoms with Crippen molar-refractivity contribution in [1.82, 2.24) is 4.72 Å². The van der Waals surface area contributed by atoms with Crippen molar-refractivity contribution in [3.05, 3.63) is 29.1 Å². The molecule has 0 aliphatic carbocycles. The van der Waals surface area contributed by atoms with Crippen molar-refractivity contribution in [1.29, 1.82) is 0 Å². The summed E-state index contributed by atoms with van der Waals surface area (Å²) in [5.74, 6) is -2.23. The molecule has 0 spiro atoms. The summed E-state index contributed by atoms with van der Waals surface area (Å²) in [5.41, 5.74) is 0.407. The van der Waals surface area contributed by atoms with Gasteiger partial charge in [0.2, 0.25) is 0 Å². The molecule has 2 N–H and O–H groups in total. The van der Waals surface area contributed by atoms with Crippen LogP contribution in [0.4, 0.5) is 10.1 Å². The van der Waals surface area contributed by atoms with Crippen molar-refractivity contribution in [3.8, 4) is 5.75 Å². The van der Waals surface area contributed by atoms with Crippen LogP contribution in [0.25, 0.3) is 6.08 Å². The lowest BCUT2D eigenvalue weighted by molar-refractivity contribution is -0.117. The van der Waals surface area contributed by atoms with Crippen molar-refractivity contribution in [2.75, 3.05) is 10.8 Å². The van der Waals surface area contributed by atoms with Crippen molar-refractivity contribution in [2.24, 2.45) is 0 Å². The van der Waals surface area contributed by atoms with Crippen LogP contribution in [0.15, 0.2) is 17.7 Å². The van der Waals surface area contributed by atoms with Crippen molar-refractivity contribution < 1.29 is 22.7 Å². The number of rotatable bonds is 2. The lowest BCUT2D eigenvalue weighted by Crippen LogP contribution is -2.30. The zero-order chi connectivity index (χ0) is 15.1. The molecule has 0 radical (unpaired) electrons. The molecule has 1 fully saturated rings. The zero-order valence-electron chi connectivity index (χ0n) is 10.8. The van der Waals surface area contributed by atoms with Crippen LogP contribution in [0.2, 0.25) is 0 Å². The van der Waals surface area contributed by atoms with Gasteiger partial charge in [-0.3, -0.25) is 4.79 Å². The number of phenols is 1. The number of nitrogens with zero attached hydrogens (tertiary/aromatic N) is 1. The number of allylic oxidation sites excluding steroid dienone is 1. The van der Waals surface area contributed by atoms with E-state index in [0.717, 1.165) is 5.57 Å². The fourth-order valence-electron chi connectivity index (χ4n) is 1.88. The molecule has 2 rings (SSSR count). The fraction of sp³-hybridized carbons (Fsp3) is 0.250. The molecule has 20 heavy (non-hydrogen) atoms. The molecule has 1 aliphatic heterocycles. The largest absolute Gasteiger partial charge is 0.506 e. The van der Waals surface area contributed by atoms with Gasteiger partial charge in [-0.05, 0) is 26.0 Å². The molecular formula is C12H13FN2O4S. The quantitative estimate of drug-likeness (QED) is 0.857. The van der Waals surface area contributed by atoms with Crippen LogP contribution >= 0.6 is 0 Å². The Morgan fingerprint density at radius 1 is 1.45 bits per heavy atom. The Morgan fingerprint density at radius 2 is 2.10 bits per heavy atom. The molecular weight excluding hydrogens is 287 g/mol. The molecule has 0 saturated carbocycles. The van der Waals surface area contributed by atoms with E-state index in [9.17, 15) is 22.7 Å². The van der Waals surface area contributed by atoms with Gasteiger partial charge in [0.15, 0.2) is 5.82 Å². The molecule has 8 heteroatoms. The van der Waals surface area contributed by atoms with E-state index in [-0.39, 0.29) is 5.56 Å². The van der Waals surface area contributed by atoms with Gasteiger partial charge in [-0.2, -0.15) is 8.42 Å². The minimum atomic E-state index is -4.17. The van der Waals surface area contributed by atoms with Crippen LogP contribution in [0.5, 0.6) is 5.75 Å². The van der Waals surface area contributed by atoms with Crippen molar-refractivity contribution >= 4 is 27.9 Å². The Bertz CT molecular complexity index is 708. The van der Waals surface area contributed by atoms with Crippen LogP contribution in [0.1, 0.15) is 19.4 Å². The third-order valence-corrected chi connectivity index (χ3v) is 4.02. The minimum Gasteiger partial charge on any atom is -0.506 e. The van der Waals surface area contributed by atoms with Gasteiger partial charge in [0.25, 0.3) is 5.91 Å². The van der Waals surface area contributed by atoms with E-state index in [1.165, 1.54) is 18.2 Å². The number of carbonyl (C=O) groups excluding carboxylic acids is 1. The van der Waals surface area contributed by atoms with Crippen LogP contribution in [0, 0.1) is 5.82 Å². The standard InChI is InChI=1S/C12H13FN2O4S/c1-7(2)5-8-3-4-9(16)12(11(8)13)15-6-10(17)14-20(15,18)19/h3-5,16H,6H2,1-2H3,(H,14,17). The highest BCUT2D eigenvalue weighted by Gasteiger charge is 2.37. The van der Waals surface area contributed by atoms with Crippen molar-refractivity contribution in [3.63, 3.8) is 0 Å². The molecule has 0 atom stereocenters. The Kier molecular flexibility index (Phi) is 3.43. The van der Waals surface area contributed by atoms with Gasteiger partial charge in [0.1, 0.15) is 18.0 Å². The van der Waals surface area contributed by atoms with Gasteiger partial charge in [-0.15, -0.1) is 0 Å². The number of benzene rings is 1. The number of nitrogens with one attached hydrogen (secondary N) is 1. The highest BCUT2D eigenvalue weighted by Crippen LogP contribution is 2.35. The lowest BCUT2D eigenvalue weighted by atomic mass is 10.1. The maximum Gasteiger partial charge on any atom is 0.326 e. The summed E-state index contributed by atoms with van der Waals surface area (Å²) in [6.07, 6.45) is 1.51. The number of halogens is 1. The van der Waals surface area contributed by atoms with E-state index < -0.39 is 39.9 Å². The van der Waals surface area contributed by atoms with Crippen LogP contribution in [-0.2, 0) is 15.0 Å². The molecule has 1 aromatic carbocycles. The Labute approximate surface area is 115 Å². The SMILES string of the molecule is CC(C)=Cc1ccc(O)c(N2CC(=O)NS2(=O)=O)c1F. The molecule has 1 aromatic rings. The van der Waals surface area contributed by atoms with Gasteiger partial charge in [-0.25, -0.2) is 13.4 Å². The number of carbonyl (C=O) groups is 1. The molecule has 6 nitrogen and oxygen atoms in total. The van der Waals surface area contributed by atoms with Gasteiger partial charge >= 0.3 is 10.2 Å². The summed E-state index contributed by atoms with van der Waals surface area (Å²) in [4.78, 5) is 11.2. The third kappa shape index (κ3) is 2.46. The first-order valence-corrected chi connectivity index (χ1v) is 7.16. The summed E-state index contributed by atoms with van der Waals surface area (Å²) >= 11 is 0. The van der Waals surface area contributed by atoms with Crippen molar-refractivity contribution in [2.45, 2.75) is 13.8 Å². The maximum atomic E-state index is 14.4. The highest BCUT2D eigenvalue weighted by atomic mass is 32.2. The molecule has 0 bridgehead atoms. The van der Waals surface area contributed by atoms with E-state index in [0.29, 0.717) is 4.31 Å². The third-order valence-electron chi connectivity index (χ3n) is 2.64. The lowest BCUT2D eigenvalue weighted by Gasteiger charge is -2.17. The zero-order valence-corrected chi connectivity index (χ0v) is 11.7. The smallest absolute Gasteiger partial charge is 0.326 e. The summed E-state index contributed by atoms with van der Waals surface area (Å²) in [7, 11) is -4.17. The number of aromatic hydroxyl groups is 1. The first kappa shape index (κ1) is 14.3. The normalized spacial score (nSPS) is 16.9. The highest BCUT2D eigenvalue weighted by molar-refractivity contribution is 7.92. The number of phenolic OH excluding ortho intramolecular Hbond substituents is 1. The fourth-order valence-corrected chi connectivity index (χ4v) is 3.04. The minimum absolute atomic E-state index is 0.132. The molecule has 108 valence electrons. The Balaban J connectivity index is 2.63. The second-order valence-corrected chi connectivity index (χ2v) is 6.19. The van der Waals surface area contributed by atoms with E-state index >= 15 is 0 Å². The molecule has 1 heterocycles. The second kappa shape index (κ2) is 4.78. The summed E-state index contributed by atoms with van der Waals surface area (Å²) < 4.78 is 40.0. The number of amides is 1. The number of hydrogen-bond donors (Lipinski definition) is 2. The average molecular weight is 300 g/mol. The van der Waals surface area contributed by atoms with Crippen LogP contribution < -0.4 is 9.03 Å². The maximum absolute atomic E-state index is 14.4. The topological polar surface area (TPSA) is 86.7 Å². The Morgan fingerprint density at radius 3 is 2.60 bits per heavy atom. The van der Waals surface area contributed by atoms with E-state index in [1.807, 2.05) is 0 Å². The average Bonchev–Trinajstić information content (AvgIpc) is 2.56. The second-order valence-electron chi connectivity index (χ2n) is 4.60. The summed E-state index contributed by atoms with van der Waals surface area (Å²) in [6, 6.07) is 2.52. The van der Waals surface area contributed by atoms with Gasteiger partial charge in [0, 0.05) is 5.56 Å². The first-order chi connectivity index (χ1) is 9.22. The predicted octanol–water partition coefficient (Wildman–Crippen LogP) is 1.14. The molecule has 0 unspecified atom stereocenters. The van der Waals surface area contributed by atoms with Crippen LogP contribution in [-0.4, -0.2) is 26.0 Å². The number of anilines is 1. The van der Waals surface area contributed by atoms with Gasteiger partial charge < -0.3 is 5.11 Å². The number of hydrogen-bond acceptors (Lipinski definition) is 4. The molecule has 1 amide bonds. The van der Waals surface area contributed by atoms with Gasteiger partial charge in [0.05, 0.1) is 0 Å². The Hall–Kier alpha value is -2.09. The summed E-state index contributed by atoms with van der Waals surface area (Å²) in [5, 5.41) is 9.72. The monoisotopic (exact) mass is 300 g/mol. The molecule has 1 saturated heterocycles. The predicted molar refractivity (Wildman–Crippen MR) is 71.8 cm³/mol. The van der Waals surface area contributed by atoms with E-state index in [2.05, 4.69) is 0 Å². The van der Waals surface area contributed by atoms with Gasteiger partial charge in [-0.1, -0.05) is 11.6 Å². The van der Waals surface area contributed by atoms with E-state index in [4.69, 9.17) is 0 Å².